The molecule has 5 aromatic rings. The Bertz CT molecular complexity index is 1320. The van der Waals surface area contributed by atoms with E-state index >= 15 is 0 Å². The summed E-state index contributed by atoms with van der Waals surface area (Å²) in [6.07, 6.45) is 3.66. The van der Waals surface area contributed by atoms with E-state index in [0.717, 1.165) is 43.7 Å². The third-order valence-corrected chi connectivity index (χ3v) is 5.58. The highest BCUT2D eigenvalue weighted by atomic mass is 79.9. The summed E-state index contributed by atoms with van der Waals surface area (Å²) in [6, 6.07) is 32.7. The van der Waals surface area contributed by atoms with Crippen molar-refractivity contribution in [2.45, 2.75) is 0 Å². The quantitative estimate of drug-likeness (QED) is 0.280. The lowest BCUT2D eigenvalue weighted by Crippen LogP contribution is -1.96. The summed E-state index contributed by atoms with van der Waals surface area (Å²) < 4.78 is 1.04. The monoisotopic (exact) mass is 463 g/mol. The molecule has 0 atom stereocenters. The third kappa shape index (κ3) is 4.30. The van der Waals surface area contributed by atoms with Crippen molar-refractivity contribution in [3.8, 4) is 45.0 Å². The summed E-state index contributed by atoms with van der Waals surface area (Å²) in [5.74, 6) is 0.711. The molecule has 0 unspecified atom stereocenters. The molecule has 0 spiro atoms. The zero-order chi connectivity index (χ0) is 21.0. The minimum Gasteiger partial charge on any atom is -0.264 e. The lowest BCUT2D eigenvalue weighted by Gasteiger charge is -2.10. The fourth-order valence-corrected chi connectivity index (χ4v) is 3.74. The molecular formula is C27H18BrN3. The molecule has 2 heterocycles. The molecule has 3 aromatic carbocycles. The van der Waals surface area contributed by atoms with Gasteiger partial charge < -0.3 is 0 Å². The van der Waals surface area contributed by atoms with Gasteiger partial charge in [-0.05, 0) is 35.9 Å². The normalized spacial score (nSPS) is 10.7. The average Bonchev–Trinajstić information content (AvgIpc) is 2.85. The maximum Gasteiger partial charge on any atom is 0.160 e. The maximum atomic E-state index is 4.92. The van der Waals surface area contributed by atoms with Crippen LogP contribution in [0.25, 0.3) is 45.0 Å². The molecule has 0 N–H and O–H groups in total. The third-order valence-electron chi connectivity index (χ3n) is 5.05. The highest BCUT2D eigenvalue weighted by Gasteiger charge is 2.11. The molecule has 0 saturated carbocycles. The minimum atomic E-state index is 0.711. The van der Waals surface area contributed by atoms with E-state index < -0.39 is 0 Å². The van der Waals surface area contributed by atoms with E-state index in [1.807, 2.05) is 54.7 Å². The molecule has 0 bridgehead atoms. The van der Waals surface area contributed by atoms with E-state index in [1.54, 1.807) is 6.20 Å². The topological polar surface area (TPSA) is 38.7 Å². The number of rotatable bonds is 4. The van der Waals surface area contributed by atoms with Crippen molar-refractivity contribution in [2.24, 2.45) is 0 Å². The molecule has 5 rings (SSSR count). The molecule has 3 nitrogen and oxygen atoms in total. The number of hydrogen-bond acceptors (Lipinski definition) is 3. The van der Waals surface area contributed by atoms with Crippen LogP contribution in [-0.4, -0.2) is 15.0 Å². The SMILES string of the molecule is Brc1ccc(-c2cc(-c3cccc(-c4cccnc4)c3)nc(-c3ccccc3)n2)cc1. The second-order valence-electron chi connectivity index (χ2n) is 7.16. The lowest BCUT2D eigenvalue weighted by atomic mass is 10.0. The summed E-state index contributed by atoms with van der Waals surface area (Å²) in [7, 11) is 0. The van der Waals surface area contributed by atoms with Crippen LogP contribution in [0.1, 0.15) is 0 Å². The Hall–Kier alpha value is -3.63. The Kier molecular flexibility index (Phi) is 5.38. The van der Waals surface area contributed by atoms with Crippen molar-refractivity contribution in [3.63, 3.8) is 0 Å². The van der Waals surface area contributed by atoms with Gasteiger partial charge in [0.2, 0.25) is 0 Å². The van der Waals surface area contributed by atoms with Gasteiger partial charge in [-0.2, -0.15) is 0 Å². The number of pyridine rings is 1. The van der Waals surface area contributed by atoms with E-state index in [2.05, 4.69) is 69.4 Å². The number of nitrogens with zero attached hydrogens (tertiary/aromatic N) is 3. The van der Waals surface area contributed by atoms with Crippen molar-refractivity contribution < 1.29 is 0 Å². The van der Waals surface area contributed by atoms with E-state index in [-0.39, 0.29) is 0 Å². The Morgan fingerprint density at radius 2 is 1.19 bits per heavy atom. The molecule has 31 heavy (non-hydrogen) atoms. The molecule has 4 heteroatoms. The van der Waals surface area contributed by atoms with Gasteiger partial charge in [-0.25, -0.2) is 9.97 Å². The average molecular weight is 464 g/mol. The van der Waals surface area contributed by atoms with Gasteiger partial charge in [0, 0.05) is 39.1 Å². The van der Waals surface area contributed by atoms with Gasteiger partial charge in [0.05, 0.1) is 11.4 Å². The fraction of sp³-hybridized carbons (Fsp3) is 0. The van der Waals surface area contributed by atoms with E-state index in [1.165, 1.54) is 0 Å². The Morgan fingerprint density at radius 3 is 1.94 bits per heavy atom. The fourth-order valence-electron chi connectivity index (χ4n) is 3.47. The van der Waals surface area contributed by atoms with Crippen LogP contribution in [0.2, 0.25) is 0 Å². The number of aromatic nitrogens is 3. The first-order valence-corrected chi connectivity index (χ1v) is 10.8. The van der Waals surface area contributed by atoms with Crippen LogP contribution < -0.4 is 0 Å². The smallest absolute Gasteiger partial charge is 0.160 e. The zero-order valence-corrected chi connectivity index (χ0v) is 18.2. The van der Waals surface area contributed by atoms with Crippen LogP contribution in [0.5, 0.6) is 0 Å². The highest BCUT2D eigenvalue weighted by Crippen LogP contribution is 2.30. The first-order chi connectivity index (χ1) is 15.3. The van der Waals surface area contributed by atoms with E-state index in [0.29, 0.717) is 5.82 Å². The van der Waals surface area contributed by atoms with E-state index in [9.17, 15) is 0 Å². The molecule has 0 aliphatic carbocycles. The van der Waals surface area contributed by atoms with Gasteiger partial charge in [0.15, 0.2) is 5.82 Å². The molecule has 0 aliphatic heterocycles. The molecule has 0 fully saturated rings. The molecular weight excluding hydrogens is 446 g/mol. The van der Waals surface area contributed by atoms with Gasteiger partial charge in [0.1, 0.15) is 0 Å². The second kappa shape index (κ2) is 8.62. The maximum absolute atomic E-state index is 4.92. The second-order valence-corrected chi connectivity index (χ2v) is 8.07. The van der Waals surface area contributed by atoms with Crippen LogP contribution in [-0.2, 0) is 0 Å². The number of halogens is 1. The van der Waals surface area contributed by atoms with Crippen LogP contribution in [0.4, 0.5) is 0 Å². The van der Waals surface area contributed by atoms with Crippen molar-refractivity contribution in [1.29, 1.82) is 0 Å². The Morgan fingerprint density at radius 1 is 0.516 bits per heavy atom. The Labute approximate surface area is 189 Å². The summed E-state index contributed by atoms with van der Waals surface area (Å²) >= 11 is 3.51. The minimum absolute atomic E-state index is 0.711. The standard InChI is InChI=1S/C27H18BrN3/c28-24-13-11-19(12-14-24)25-17-26(31-27(30-25)20-6-2-1-3-7-20)22-9-4-8-21(16-22)23-10-5-15-29-18-23/h1-18H. The number of benzene rings is 3. The van der Waals surface area contributed by atoms with Crippen LogP contribution in [0.15, 0.2) is 114 Å². The highest BCUT2D eigenvalue weighted by molar-refractivity contribution is 9.10. The predicted molar refractivity (Wildman–Crippen MR) is 129 cm³/mol. The molecule has 0 aliphatic rings. The number of hydrogen-bond donors (Lipinski definition) is 0. The van der Waals surface area contributed by atoms with Crippen LogP contribution in [0, 0.1) is 0 Å². The van der Waals surface area contributed by atoms with Crippen molar-refractivity contribution in [3.05, 3.63) is 114 Å². The molecule has 0 saturated heterocycles. The zero-order valence-electron chi connectivity index (χ0n) is 16.6. The van der Waals surface area contributed by atoms with Gasteiger partial charge in [-0.3, -0.25) is 4.98 Å². The van der Waals surface area contributed by atoms with Crippen molar-refractivity contribution in [2.75, 3.05) is 0 Å². The molecule has 148 valence electrons. The van der Waals surface area contributed by atoms with E-state index in [4.69, 9.17) is 9.97 Å². The van der Waals surface area contributed by atoms with Gasteiger partial charge in [0.25, 0.3) is 0 Å². The first kappa shape index (κ1) is 19.3. The van der Waals surface area contributed by atoms with Gasteiger partial charge in [-0.1, -0.05) is 82.7 Å². The van der Waals surface area contributed by atoms with Crippen LogP contribution >= 0.6 is 15.9 Å². The largest absolute Gasteiger partial charge is 0.264 e. The Balaban J connectivity index is 1.66. The van der Waals surface area contributed by atoms with Crippen molar-refractivity contribution >= 4 is 15.9 Å². The van der Waals surface area contributed by atoms with Crippen molar-refractivity contribution in [1.82, 2.24) is 15.0 Å². The van der Waals surface area contributed by atoms with Crippen LogP contribution in [0.3, 0.4) is 0 Å². The first-order valence-electron chi connectivity index (χ1n) is 9.97. The predicted octanol–water partition coefficient (Wildman–Crippen LogP) is 7.30. The van der Waals surface area contributed by atoms with Gasteiger partial charge >= 0.3 is 0 Å². The summed E-state index contributed by atoms with van der Waals surface area (Å²) in [5.41, 5.74) is 7.05. The summed E-state index contributed by atoms with van der Waals surface area (Å²) in [4.78, 5) is 14.0. The molecule has 2 aromatic heterocycles. The summed E-state index contributed by atoms with van der Waals surface area (Å²) in [6.45, 7) is 0. The molecule has 0 amide bonds. The lowest BCUT2D eigenvalue weighted by molar-refractivity contribution is 1.18. The van der Waals surface area contributed by atoms with Gasteiger partial charge in [-0.15, -0.1) is 0 Å². The molecule has 0 radical (unpaired) electrons. The summed E-state index contributed by atoms with van der Waals surface area (Å²) in [5, 5.41) is 0.